The number of nitrogens with zero attached hydrogens (tertiary/aromatic N) is 3. The first-order chi connectivity index (χ1) is 13.6. The summed E-state index contributed by atoms with van der Waals surface area (Å²) in [5.74, 6) is -3.34. The second-order valence-corrected chi connectivity index (χ2v) is 7.91. The fourth-order valence-corrected chi connectivity index (χ4v) is 3.73. The van der Waals surface area contributed by atoms with Crippen LogP contribution in [0.2, 0.25) is 0 Å². The summed E-state index contributed by atoms with van der Waals surface area (Å²) in [6.07, 6.45) is 1.50. The molecular formula is C14H19N5O8S2. The molecule has 2 heterocycles. The highest BCUT2D eigenvalue weighted by molar-refractivity contribution is 7.84. The van der Waals surface area contributed by atoms with E-state index in [1.807, 2.05) is 6.92 Å². The number of amides is 2. The number of aromatic nitrogens is 1. The Morgan fingerprint density at radius 1 is 1.48 bits per heavy atom. The minimum atomic E-state index is -5.03. The molecule has 0 spiro atoms. The molecule has 0 radical (unpaired) electrons. The number of anilines is 1. The maximum absolute atomic E-state index is 12.6. The number of hydrogen-bond donors (Lipinski definition) is 3. The third-order valence-electron chi connectivity index (χ3n) is 3.75. The SMILES string of the molecule is CCCCON=C(C(=O)NC1C(=O)N(S(=O)(=O)O)C1C(=O)OC)c1csc(N)n1. The van der Waals surface area contributed by atoms with Crippen LogP contribution in [-0.4, -0.2) is 71.6 Å². The Morgan fingerprint density at radius 2 is 2.17 bits per heavy atom. The third kappa shape index (κ3) is 4.99. The number of thiazole rings is 1. The summed E-state index contributed by atoms with van der Waals surface area (Å²) < 4.78 is 36.1. The molecule has 15 heteroatoms. The van der Waals surface area contributed by atoms with Gasteiger partial charge in [-0.3, -0.25) is 14.1 Å². The molecule has 1 aliphatic heterocycles. The van der Waals surface area contributed by atoms with E-state index < -0.39 is 40.2 Å². The lowest BCUT2D eigenvalue weighted by Gasteiger charge is -2.41. The number of carbonyl (C=O) groups is 3. The van der Waals surface area contributed by atoms with Crippen LogP contribution in [-0.2, 0) is 34.3 Å². The van der Waals surface area contributed by atoms with Gasteiger partial charge >= 0.3 is 16.3 Å². The molecule has 2 rings (SSSR count). The van der Waals surface area contributed by atoms with E-state index in [1.165, 1.54) is 5.38 Å². The van der Waals surface area contributed by atoms with Crippen molar-refractivity contribution in [3.05, 3.63) is 11.1 Å². The molecule has 13 nitrogen and oxygen atoms in total. The number of rotatable bonds is 9. The average molecular weight is 449 g/mol. The van der Waals surface area contributed by atoms with Crippen molar-refractivity contribution in [3.8, 4) is 0 Å². The van der Waals surface area contributed by atoms with Gasteiger partial charge in [-0.25, -0.2) is 9.78 Å². The summed E-state index contributed by atoms with van der Waals surface area (Å²) in [5.41, 5.74) is 5.30. The first-order valence-corrected chi connectivity index (χ1v) is 10.5. The molecule has 1 aromatic heterocycles. The fourth-order valence-electron chi connectivity index (χ4n) is 2.34. The molecule has 0 saturated carbocycles. The maximum Gasteiger partial charge on any atom is 0.363 e. The van der Waals surface area contributed by atoms with E-state index in [2.05, 4.69) is 20.2 Å². The molecule has 1 aromatic rings. The number of nitrogens with one attached hydrogen (secondary N) is 1. The van der Waals surface area contributed by atoms with E-state index in [4.69, 9.17) is 15.1 Å². The quantitative estimate of drug-likeness (QED) is 0.104. The van der Waals surface area contributed by atoms with Crippen molar-refractivity contribution in [2.75, 3.05) is 19.5 Å². The van der Waals surface area contributed by atoms with Gasteiger partial charge in [0.2, 0.25) is 0 Å². The van der Waals surface area contributed by atoms with Crippen LogP contribution in [0.15, 0.2) is 10.5 Å². The Hall–Kier alpha value is -2.78. The molecule has 1 fully saturated rings. The number of carbonyl (C=O) groups excluding carboxylic acids is 3. The number of nitrogen functional groups attached to an aromatic ring is 1. The maximum atomic E-state index is 12.6. The number of oxime groups is 1. The Morgan fingerprint density at radius 3 is 2.69 bits per heavy atom. The number of β-lactam (4-membered cyclic amide) rings is 1. The van der Waals surface area contributed by atoms with Gasteiger partial charge in [-0.05, 0) is 6.42 Å². The number of unbranched alkanes of at least 4 members (excludes halogenated alkanes) is 1. The van der Waals surface area contributed by atoms with Crippen LogP contribution in [0.5, 0.6) is 0 Å². The van der Waals surface area contributed by atoms with E-state index in [0.717, 1.165) is 24.9 Å². The van der Waals surface area contributed by atoms with Crippen LogP contribution in [0.1, 0.15) is 25.5 Å². The molecule has 0 aromatic carbocycles. The molecular weight excluding hydrogens is 430 g/mol. The topological polar surface area (TPSA) is 191 Å². The minimum Gasteiger partial charge on any atom is -0.467 e. The van der Waals surface area contributed by atoms with E-state index in [9.17, 15) is 22.8 Å². The van der Waals surface area contributed by atoms with Gasteiger partial charge in [0.1, 0.15) is 18.3 Å². The molecule has 29 heavy (non-hydrogen) atoms. The van der Waals surface area contributed by atoms with Crippen LogP contribution in [0.3, 0.4) is 0 Å². The number of ether oxygens (including phenoxy) is 1. The molecule has 4 N–H and O–H groups in total. The van der Waals surface area contributed by atoms with E-state index >= 15 is 0 Å². The van der Waals surface area contributed by atoms with Crippen molar-refractivity contribution in [2.24, 2.45) is 5.16 Å². The molecule has 0 aliphatic carbocycles. The summed E-state index contributed by atoms with van der Waals surface area (Å²) >= 11 is 1.03. The van der Waals surface area contributed by atoms with Gasteiger partial charge in [0.05, 0.1) is 7.11 Å². The number of hydrogen-bond acceptors (Lipinski definition) is 11. The van der Waals surface area contributed by atoms with Crippen LogP contribution in [0.25, 0.3) is 0 Å². The summed E-state index contributed by atoms with van der Waals surface area (Å²) in [6.45, 7) is 2.15. The van der Waals surface area contributed by atoms with Gasteiger partial charge < -0.3 is 20.6 Å². The summed E-state index contributed by atoms with van der Waals surface area (Å²) in [5, 5.41) is 7.50. The molecule has 2 atom stereocenters. The lowest BCUT2D eigenvalue weighted by Crippen LogP contribution is -2.74. The predicted molar refractivity (Wildman–Crippen MR) is 100 cm³/mol. The molecule has 2 amide bonds. The Balaban J connectivity index is 2.25. The standard InChI is InChI=1S/C14H19N5O8S2/c1-3-4-5-27-18-8(7-6-28-14(15)16-7)11(20)17-9-10(13(22)26-2)19(12(9)21)29(23,24)25/h6,9-10H,3-5H2,1-2H3,(H2,15,16)(H,17,20)(H,23,24,25). The van der Waals surface area contributed by atoms with Gasteiger partial charge in [-0.15, -0.1) is 11.3 Å². The van der Waals surface area contributed by atoms with Gasteiger partial charge in [-0.1, -0.05) is 18.5 Å². The monoisotopic (exact) mass is 449 g/mol. The molecule has 2 unspecified atom stereocenters. The molecule has 0 bridgehead atoms. The second kappa shape index (κ2) is 9.15. The summed E-state index contributed by atoms with van der Waals surface area (Å²) in [6, 6.07) is -3.37. The zero-order valence-electron chi connectivity index (χ0n) is 15.4. The molecule has 1 saturated heterocycles. The predicted octanol–water partition coefficient (Wildman–Crippen LogP) is -1.08. The largest absolute Gasteiger partial charge is 0.467 e. The summed E-state index contributed by atoms with van der Waals surface area (Å²) in [7, 11) is -4.07. The minimum absolute atomic E-state index is 0.0644. The Bertz CT molecular complexity index is 928. The Kier molecular flexibility index (Phi) is 7.10. The van der Waals surface area contributed by atoms with Crippen molar-refractivity contribution >= 4 is 50.3 Å². The van der Waals surface area contributed by atoms with Gasteiger partial charge in [-0.2, -0.15) is 12.7 Å². The number of methoxy groups -OCH3 is 1. The second-order valence-electron chi connectivity index (χ2n) is 5.73. The van der Waals surface area contributed by atoms with Crippen molar-refractivity contribution in [1.82, 2.24) is 14.6 Å². The first-order valence-electron chi connectivity index (χ1n) is 8.22. The lowest BCUT2D eigenvalue weighted by molar-refractivity contribution is -0.162. The van der Waals surface area contributed by atoms with Crippen LogP contribution < -0.4 is 11.1 Å². The van der Waals surface area contributed by atoms with E-state index in [0.29, 0.717) is 6.42 Å². The summed E-state index contributed by atoms with van der Waals surface area (Å²) in [4.78, 5) is 45.6. The van der Waals surface area contributed by atoms with Crippen molar-refractivity contribution < 1.29 is 36.9 Å². The third-order valence-corrected chi connectivity index (χ3v) is 5.33. The highest BCUT2D eigenvalue weighted by atomic mass is 32.2. The molecule has 1 aliphatic rings. The van der Waals surface area contributed by atoms with Gasteiger partial charge in [0, 0.05) is 5.38 Å². The smallest absolute Gasteiger partial charge is 0.363 e. The highest BCUT2D eigenvalue weighted by Gasteiger charge is 2.58. The Labute approximate surface area is 169 Å². The first kappa shape index (κ1) is 22.5. The number of esters is 1. The van der Waals surface area contributed by atoms with Gasteiger partial charge in [0.25, 0.3) is 11.8 Å². The van der Waals surface area contributed by atoms with Crippen molar-refractivity contribution in [2.45, 2.75) is 31.8 Å². The highest BCUT2D eigenvalue weighted by Crippen LogP contribution is 2.25. The van der Waals surface area contributed by atoms with Crippen LogP contribution in [0, 0.1) is 0 Å². The van der Waals surface area contributed by atoms with Crippen LogP contribution in [0.4, 0.5) is 5.13 Å². The normalized spacial score (nSPS) is 19.5. The van der Waals surface area contributed by atoms with Crippen LogP contribution >= 0.6 is 11.3 Å². The van der Waals surface area contributed by atoms with E-state index in [-0.39, 0.29) is 27.4 Å². The fraction of sp³-hybridized carbons (Fsp3) is 0.500. The van der Waals surface area contributed by atoms with Crippen molar-refractivity contribution in [1.29, 1.82) is 0 Å². The van der Waals surface area contributed by atoms with E-state index in [1.54, 1.807) is 0 Å². The zero-order chi connectivity index (χ0) is 21.8. The molecule has 160 valence electrons. The van der Waals surface area contributed by atoms with Gasteiger partial charge in [0.15, 0.2) is 16.9 Å². The number of nitrogens with two attached hydrogens (primary N) is 1. The van der Waals surface area contributed by atoms with Crippen molar-refractivity contribution in [3.63, 3.8) is 0 Å². The zero-order valence-corrected chi connectivity index (χ0v) is 17.0. The lowest BCUT2D eigenvalue weighted by atomic mass is 9.98. The average Bonchev–Trinajstić information content (AvgIpc) is 3.07.